The Morgan fingerprint density at radius 3 is 2.84 bits per heavy atom. The maximum absolute atomic E-state index is 11.2. The van der Waals surface area contributed by atoms with Gasteiger partial charge in [0.1, 0.15) is 5.75 Å². The number of hydroxylamine groups is 2. The molecule has 0 fully saturated rings. The normalized spacial score (nSPS) is 13.3. The number of carbonyl (C=O) groups excluding carboxylic acids is 1. The largest absolute Gasteiger partial charge is 0.497 e. The van der Waals surface area contributed by atoms with Crippen molar-refractivity contribution in [2.24, 2.45) is 0 Å². The topological polar surface area (TPSA) is 53.0 Å². The number of hydrogen-bond donors (Lipinski definition) is 1. The molecule has 0 aliphatic carbocycles. The Kier molecular flexibility index (Phi) is 5.24. The van der Waals surface area contributed by atoms with Crippen molar-refractivity contribution in [1.82, 2.24) is 5.06 Å². The van der Waals surface area contributed by atoms with Crippen LogP contribution in [-0.2, 0) is 24.3 Å². The van der Waals surface area contributed by atoms with Gasteiger partial charge < -0.3 is 9.64 Å². The summed E-state index contributed by atoms with van der Waals surface area (Å²) in [5.74, 6) is 0.523. The monoisotopic (exact) mass is 340 g/mol. The van der Waals surface area contributed by atoms with Crippen molar-refractivity contribution in [1.29, 1.82) is 0 Å². The van der Waals surface area contributed by atoms with Crippen LogP contribution in [0.4, 0.5) is 5.69 Å². The summed E-state index contributed by atoms with van der Waals surface area (Å²) in [6, 6.07) is 14.3. The van der Waals surface area contributed by atoms with Crippen LogP contribution in [0, 0.1) is 0 Å². The Balaban J connectivity index is 1.78. The van der Waals surface area contributed by atoms with Crippen molar-refractivity contribution < 1.29 is 14.7 Å². The summed E-state index contributed by atoms with van der Waals surface area (Å²) in [4.78, 5) is 13.6. The number of amides is 1. The van der Waals surface area contributed by atoms with E-state index >= 15 is 0 Å². The van der Waals surface area contributed by atoms with Crippen LogP contribution in [0.3, 0.4) is 0 Å². The second kappa shape index (κ2) is 7.57. The van der Waals surface area contributed by atoms with Crippen molar-refractivity contribution in [3.05, 3.63) is 59.2 Å². The molecule has 0 saturated heterocycles. The molecule has 0 unspecified atom stereocenters. The van der Waals surface area contributed by atoms with Gasteiger partial charge in [0.25, 0.3) is 0 Å². The Labute approximate surface area is 148 Å². The highest BCUT2D eigenvalue weighted by molar-refractivity contribution is 5.71. The van der Waals surface area contributed by atoms with Crippen LogP contribution in [0.25, 0.3) is 0 Å². The Morgan fingerprint density at radius 1 is 1.24 bits per heavy atom. The van der Waals surface area contributed by atoms with Crippen LogP contribution < -0.4 is 9.64 Å². The maximum Gasteiger partial charge on any atom is 0.243 e. The number of carbonyl (C=O) groups is 1. The molecule has 1 amide bonds. The molecule has 0 radical (unpaired) electrons. The number of nitrogens with zero attached hydrogens (tertiary/aromatic N) is 2. The number of ether oxygens (including phenoxy) is 1. The third-order valence-electron chi connectivity index (χ3n) is 4.56. The zero-order valence-corrected chi connectivity index (χ0v) is 14.7. The van der Waals surface area contributed by atoms with Crippen molar-refractivity contribution >= 4 is 11.6 Å². The predicted molar refractivity (Wildman–Crippen MR) is 96.8 cm³/mol. The van der Waals surface area contributed by atoms with Gasteiger partial charge in [0.2, 0.25) is 5.91 Å². The molecule has 2 aromatic rings. The fraction of sp³-hybridized carbons (Fsp3) is 0.350. The van der Waals surface area contributed by atoms with Gasteiger partial charge in [-0.25, -0.2) is 5.06 Å². The number of hydrogen-bond acceptors (Lipinski definition) is 4. The molecule has 1 aliphatic heterocycles. The first-order valence-electron chi connectivity index (χ1n) is 8.53. The molecular formula is C20H24N2O3. The average Bonchev–Trinajstić information content (AvgIpc) is 2.62. The van der Waals surface area contributed by atoms with Crippen LogP contribution in [0.2, 0.25) is 0 Å². The number of anilines is 1. The Hall–Kier alpha value is -2.53. The molecule has 0 saturated carbocycles. The first-order chi connectivity index (χ1) is 12.1. The van der Waals surface area contributed by atoms with Crippen molar-refractivity contribution in [2.75, 3.05) is 18.6 Å². The second-order valence-electron chi connectivity index (χ2n) is 6.42. The fourth-order valence-corrected chi connectivity index (χ4v) is 3.27. The number of rotatable bonds is 5. The first-order valence-corrected chi connectivity index (χ1v) is 8.53. The molecule has 5 nitrogen and oxygen atoms in total. The van der Waals surface area contributed by atoms with E-state index in [1.165, 1.54) is 23.7 Å². The first kappa shape index (κ1) is 17.3. The molecule has 0 bridgehead atoms. The molecule has 1 N–H and O–H groups in total. The average molecular weight is 340 g/mol. The van der Waals surface area contributed by atoms with E-state index < -0.39 is 0 Å². The zero-order valence-electron chi connectivity index (χ0n) is 14.7. The van der Waals surface area contributed by atoms with Crippen molar-refractivity contribution in [3.63, 3.8) is 0 Å². The van der Waals surface area contributed by atoms with E-state index in [-0.39, 0.29) is 12.5 Å². The Bertz CT molecular complexity index is 760. The van der Waals surface area contributed by atoms with Crippen molar-refractivity contribution in [2.45, 2.75) is 32.9 Å². The number of benzene rings is 2. The highest BCUT2D eigenvalue weighted by Gasteiger charge is 2.18. The standard InChI is InChI=1S/C20H24N2O3/c1-15(23)22(24)14-17-8-9-20-18(11-17)6-4-10-21(20)13-16-5-3-7-19(12-16)25-2/h3,5,7-9,11-12,24H,4,6,10,13-14H2,1-2H3. The van der Waals surface area contributed by atoms with Crippen LogP contribution in [0.15, 0.2) is 42.5 Å². The van der Waals surface area contributed by atoms with Crippen LogP contribution in [-0.4, -0.2) is 29.8 Å². The minimum atomic E-state index is -0.350. The van der Waals surface area contributed by atoms with Crippen LogP contribution in [0.1, 0.15) is 30.0 Å². The lowest BCUT2D eigenvalue weighted by atomic mass is 9.98. The van der Waals surface area contributed by atoms with Gasteiger partial charge in [-0.2, -0.15) is 0 Å². The van der Waals surface area contributed by atoms with Gasteiger partial charge in [0, 0.05) is 25.7 Å². The van der Waals surface area contributed by atoms with Gasteiger partial charge in [-0.1, -0.05) is 24.3 Å². The van der Waals surface area contributed by atoms with Gasteiger partial charge in [0.05, 0.1) is 13.7 Å². The minimum absolute atomic E-state index is 0.221. The van der Waals surface area contributed by atoms with Gasteiger partial charge in [0.15, 0.2) is 0 Å². The zero-order chi connectivity index (χ0) is 17.8. The summed E-state index contributed by atoms with van der Waals surface area (Å²) in [5.41, 5.74) is 4.66. The van der Waals surface area contributed by atoms with Crippen molar-refractivity contribution in [3.8, 4) is 5.75 Å². The second-order valence-corrected chi connectivity index (χ2v) is 6.42. The van der Waals surface area contributed by atoms with E-state index in [4.69, 9.17) is 4.74 Å². The smallest absolute Gasteiger partial charge is 0.243 e. The number of aryl methyl sites for hydroxylation is 1. The molecule has 132 valence electrons. The molecule has 1 heterocycles. The third-order valence-corrected chi connectivity index (χ3v) is 4.56. The lowest BCUT2D eigenvalue weighted by Gasteiger charge is -2.32. The molecule has 1 aliphatic rings. The van der Waals surface area contributed by atoms with Gasteiger partial charge in [-0.3, -0.25) is 10.0 Å². The quantitative estimate of drug-likeness (QED) is 0.670. The van der Waals surface area contributed by atoms with Gasteiger partial charge in [-0.15, -0.1) is 0 Å². The lowest BCUT2D eigenvalue weighted by molar-refractivity contribution is -0.165. The summed E-state index contributed by atoms with van der Waals surface area (Å²) in [6.45, 7) is 3.43. The van der Waals surface area contributed by atoms with E-state index in [0.29, 0.717) is 0 Å². The van der Waals surface area contributed by atoms with Crippen LogP contribution in [0.5, 0.6) is 5.75 Å². The summed E-state index contributed by atoms with van der Waals surface area (Å²) in [5, 5.41) is 10.4. The molecule has 0 atom stereocenters. The van der Waals surface area contributed by atoms with E-state index in [2.05, 4.69) is 29.2 Å². The number of fused-ring (bicyclic) bond motifs is 1. The number of methoxy groups -OCH3 is 1. The van der Waals surface area contributed by atoms with E-state index in [9.17, 15) is 10.0 Å². The maximum atomic E-state index is 11.2. The minimum Gasteiger partial charge on any atom is -0.497 e. The molecular weight excluding hydrogens is 316 g/mol. The molecule has 0 spiro atoms. The summed E-state index contributed by atoms with van der Waals surface area (Å²) in [7, 11) is 1.68. The van der Waals surface area contributed by atoms with Gasteiger partial charge >= 0.3 is 0 Å². The SMILES string of the molecule is COc1cccc(CN2CCCc3cc(CN(O)C(C)=O)ccc32)c1. The fourth-order valence-electron chi connectivity index (χ4n) is 3.27. The molecule has 3 rings (SSSR count). The Morgan fingerprint density at radius 2 is 2.08 bits per heavy atom. The molecule has 25 heavy (non-hydrogen) atoms. The predicted octanol–water partition coefficient (Wildman–Crippen LogP) is 3.39. The summed E-state index contributed by atoms with van der Waals surface area (Å²) < 4.78 is 5.31. The molecule has 2 aromatic carbocycles. The highest BCUT2D eigenvalue weighted by Crippen LogP contribution is 2.30. The molecule has 5 heteroatoms. The van der Waals surface area contributed by atoms with E-state index in [1.54, 1.807) is 7.11 Å². The summed E-state index contributed by atoms with van der Waals surface area (Å²) >= 11 is 0. The van der Waals surface area contributed by atoms with E-state index in [1.807, 2.05) is 18.2 Å². The van der Waals surface area contributed by atoms with Crippen LogP contribution >= 0.6 is 0 Å². The third kappa shape index (κ3) is 4.12. The van der Waals surface area contributed by atoms with E-state index in [0.717, 1.165) is 42.3 Å². The van der Waals surface area contributed by atoms with Gasteiger partial charge in [-0.05, 0) is 47.7 Å². The lowest BCUT2D eigenvalue weighted by Crippen LogP contribution is -2.29. The summed E-state index contributed by atoms with van der Waals surface area (Å²) in [6.07, 6.45) is 2.11. The molecule has 0 aromatic heterocycles. The highest BCUT2D eigenvalue weighted by atomic mass is 16.5.